The Hall–Kier alpha value is -1.24. The van der Waals surface area contributed by atoms with Crippen LogP contribution < -0.4 is 0 Å². The molecule has 1 aliphatic rings. The van der Waals surface area contributed by atoms with Crippen LogP contribution in [0.4, 0.5) is 0 Å². The summed E-state index contributed by atoms with van der Waals surface area (Å²) in [6, 6.07) is 2.15. The molecule has 3 heterocycles. The molecule has 0 N–H and O–H groups in total. The van der Waals surface area contributed by atoms with E-state index >= 15 is 0 Å². The van der Waals surface area contributed by atoms with Crippen molar-refractivity contribution < 1.29 is 4.74 Å². The number of aromatic nitrogens is 3. The molecule has 1 saturated heterocycles. The van der Waals surface area contributed by atoms with E-state index in [9.17, 15) is 0 Å². The Morgan fingerprint density at radius 1 is 1.48 bits per heavy atom. The highest BCUT2D eigenvalue weighted by Gasteiger charge is 2.23. The molecule has 21 heavy (non-hydrogen) atoms. The Labute approximate surface area is 129 Å². The third-order valence-electron chi connectivity index (χ3n) is 4.04. The Morgan fingerprint density at radius 2 is 2.38 bits per heavy atom. The number of hydrogen-bond donors (Lipinski definition) is 0. The topological polar surface area (TPSA) is 43.2 Å². The maximum absolute atomic E-state index is 5.13. The highest BCUT2D eigenvalue weighted by molar-refractivity contribution is 7.09. The molecule has 1 unspecified atom stereocenters. The lowest BCUT2D eigenvalue weighted by Crippen LogP contribution is -2.34. The van der Waals surface area contributed by atoms with Gasteiger partial charge in [0.2, 0.25) is 0 Å². The molecule has 1 atom stereocenters. The van der Waals surface area contributed by atoms with E-state index in [-0.39, 0.29) is 0 Å². The summed E-state index contributed by atoms with van der Waals surface area (Å²) in [6.45, 7) is 3.80. The average Bonchev–Trinajstić information content (AvgIpc) is 3.09. The molecular formula is C15H22N4OS. The van der Waals surface area contributed by atoms with Gasteiger partial charge in [-0.2, -0.15) is 5.10 Å². The molecule has 6 heteroatoms. The van der Waals surface area contributed by atoms with E-state index in [1.807, 2.05) is 17.9 Å². The molecule has 3 rings (SSSR count). The van der Waals surface area contributed by atoms with Crippen LogP contribution in [0.1, 0.15) is 35.2 Å². The minimum atomic E-state index is 0.586. The molecule has 2 aromatic rings. The highest BCUT2D eigenvalue weighted by Crippen LogP contribution is 2.27. The van der Waals surface area contributed by atoms with Crippen LogP contribution in [0.3, 0.4) is 0 Å². The first-order valence-corrected chi connectivity index (χ1v) is 8.26. The van der Waals surface area contributed by atoms with Crippen LogP contribution in [0.5, 0.6) is 0 Å². The normalized spacial score (nSPS) is 20.0. The molecule has 0 saturated carbocycles. The van der Waals surface area contributed by atoms with Crippen molar-refractivity contribution in [2.45, 2.75) is 31.9 Å². The van der Waals surface area contributed by atoms with E-state index in [2.05, 4.69) is 26.4 Å². The zero-order chi connectivity index (χ0) is 14.7. The molecule has 114 valence electrons. The van der Waals surface area contributed by atoms with E-state index < -0.39 is 0 Å². The summed E-state index contributed by atoms with van der Waals surface area (Å²) < 4.78 is 7.14. The lowest BCUT2D eigenvalue weighted by atomic mass is 9.94. The number of aryl methyl sites for hydroxylation is 1. The van der Waals surface area contributed by atoms with Gasteiger partial charge in [0.25, 0.3) is 0 Å². The first-order valence-electron chi connectivity index (χ1n) is 7.38. The SMILES string of the molecule is COCc1nc(CN2CCCC(c3ccnn3C)C2)cs1. The zero-order valence-electron chi connectivity index (χ0n) is 12.7. The van der Waals surface area contributed by atoms with Gasteiger partial charge in [-0.25, -0.2) is 4.98 Å². The number of thiazole rings is 1. The maximum atomic E-state index is 5.13. The molecule has 0 spiro atoms. The maximum Gasteiger partial charge on any atom is 0.119 e. The zero-order valence-corrected chi connectivity index (χ0v) is 13.5. The largest absolute Gasteiger partial charge is 0.378 e. The summed E-state index contributed by atoms with van der Waals surface area (Å²) in [5, 5.41) is 7.52. The van der Waals surface area contributed by atoms with Gasteiger partial charge in [-0.3, -0.25) is 9.58 Å². The lowest BCUT2D eigenvalue weighted by Gasteiger charge is -2.32. The second-order valence-corrected chi connectivity index (χ2v) is 6.56. The van der Waals surface area contributed by atoms with Crippen LogP contribution in [0.25, 0.3) is 0 Å². The van der Waals surface area contributed by atoms with Gasteiger partial charge in [0, 0.05) is 50.4 Å². The summed E-state index contributed by atoms with van der Waals surface area (Å²) in [7, 11) is 3.75. The van der Waals surface area contributed by atoms with Crippen molar-refractivity contribution in [3.05, 3.63) is 34.0 Å². The van der Waals surface area contributed by atoms with Gasteiger partial charge in [0.05, 0.1) is 12.3 Å². The Balaban J connectivity index is 1.62. The molecule has 5 nitrogen and oxygen atoms in total. The van der Waals surface area contributed by atoms with Gasteiger partial charge >= 0.3 is 0 Å². The number of hydrogen-bond acceptors (Lipinski definition) is 5. The molecule has 0 radical (unpaired) electrons. The fourth-order valence-corrected chi connectivity index (χ4v) is 3.82. The first kappa shape index (κ1) is 14.7. The van der Waals surface area contributed by atoms with Crippen LogP contribution in [0.15, 0.2) is 17.6 Å². The molecule has 0 bridgehead atoms. The van der Waals surface area contributed by atoms with Crippen molar-refractivity contribution in [3.63, 3.8) is 0 Å². The summed E-state index contributed by atoms with van der Waals surface area (Å²) in [6.07, 6.45) is 4.39. The number of rotatable bonds is 5. The molecule has 1 aliphatic heterocycles. The summed E-state index contributed by atoms with van der Waals surface area (Å²) in [5.41, 5.74) is 2.51. The standard InChI is InChI=1S/C15H22N4OS/c1-18-14(5-6-16-18)12-4-3-7-19(8-12)9-13-11-21-15(17-13)10-20-2/h5-6,11-12H,3-4,7-10H2,1-2H3. The summed E-state index contributed by atoms with van der Waals surface area (Å²) in [5.74, 6) is 0.586. The number of piperidine rings is 1. The van der Waals surface area contributed by atoms with Crippen molar-refractivity contribution in [3.8, 4) is 0 Å². The summed E-state index contributed by atoms with van der Waals surface area (Å²) >= 11 is 1.69. The number of ether oxygens (including phenoxy) is 1. The van der Waals surface area contributed by atoms with Crippen molar-refractivity contribution in [2.75, 3.05) is 20.2 Å². The van der Waals surface area contributed by atoms with Crippen LogP contribution in [0, 0.1) is 0 Å². The van der Waals surface area contributed by atoms with Crippen LogP contribution >= 0.6 is 11.3 Å². The number of likely N-dealkylation sites (tertiary alicyclic amines) is 1. The monoisotopic (exact) mass is 306 g/mol. The minimum absolute atomic E-state index is 0.586. The lowest BCUT2D eigenvalue weighted by molar-refractivity contribution is 0.182. The van der Waals surface area contributed by atoms with E-state index in [0.29, 0.717) is 12.5 Å². The minimum Gasteiger partial charge on any atom is -0.378 e. The smallest absolute Gasteiger partial charge is 0.119 e. The third-order valence-corrected chi connectivity index (χ3v) is 4.91. The van der Waals surface area contributed by atoms with E-state index in [1.54, 1.807) is 18.4 Å². The van der Waals surface area contributed by atoms with Gasteiger partial charge in [0.1, 0.15) is 5.01 Å². The van der Waals surface area contributed by atoms with Gasteiger partial charge in [-0.05, 0) is 25.5 Å². The van der Waals surface area contributed by atoms with Crippen molar-refractivity contribution in [1.82, 2.24) is 19.7 Å². The van der Waals surface area contributed by atoms with Crippen LogP contribution in [-0.4, -0.2) is 39.9 Å². The Bertz CT molecular complexity index is 580. The molecule has 1 fully saturated rings. The molecule has 0 amide bonds. The van der Waals surface area contributed by atoms with Crippen LogP contribution in [0.2, 0.25) is 0 Å². The van der Waals surface area contributed by atoms with E-state index in [4.69, 9.17) is 4.74 Å². The predicted octanol–water partition coefficient (Wildman–Crippen LogP) is 2.40. The summed E-state index contributed by atoms with van der Waals surface area (Å²) in [4.78, 5) is 7.14. The second-order valence-electron chi connectivity index (χ2n) is 5.62. The van der Waals surface area contributed by atoms with Crippen LogP contribution in [-0.2, 0) is 24.9 Å². The molecule has 0 aromatic carbocycles. The van der Waals surface area contributed by atoms with Crippen molar-refractivity contribution in [1.29, 1.82) is 0 Å². The first-order chi connectivity index (χ1) is 10.3. The van der Waals surface area contributed by atoms with Gasteiger partial charge in [-0.15, -0.1) is 11.3 Å². The van der Waals surface area contributed by atoms with Crippen molar-refractivity contribution in [2.24, 2.45) is 7.05 Å². The third kappa shape index (κ3) is 3.51. The second kappa shape index (κ2) is 6.68. The predicted molar refractivity (Wildman–Crippen MR) is 83.3 cm³/mol. The average molecular weight is 306 g/mol. The van der Waals surface area contributed by atoms with Crippen molar-refractivity contribution >= 4 is 11.3 Å². The van der Waals surface area contributed by atoms with Gasteiger partial charge < -0.3 is 4.74 Å². The molecular weight excluding hydrogens is 284 g/mol. The van der Waals surface area contributed by atoms with E-state index in [1.165, 1.54) is 18.5 Å². The quantitative estimate of drug-likeness (QED) is 0.851. The van der Waals surface area contributed by atoms with Gasteiger partial charge in [0.15, 0.2) is 0 Å². The Kier molecular flexibility index (Phi) is 4.67. The fraction of sp³-hybridized carbons (Fsp3) is 0.600. The molecule has 0 aliphatic carbocycles. The fourth-order valence-electron chi connectivity index (χ4n) is 3.07. The number of methoxy groups -OCH3 is 1. The number of nitrogens with zero attached hydrogens (tertiary/aromatic N) is 4. The van der Waals surface area contributed by atoms with Gasteiger partial charge in [-0.1, -0.05) is 0 Å². The highest BCUT2D eigenvalue weighted by atomic mass is 32.1. The molecule has 2 aromatic heterocycles. The van der Waals surface area contributed by atoms with E-state index in [0.717, 1.165) is 30.3 Å². The Morgan fingerprint density at radius 3 is 3.14 bits per heavy atom.